The molecule has 1 aromatic carbocycles. The first-order chi connectivity index (χ1) is 6.31. The molecule has 2 rings (SSSR count). The summed E-state index contributed by atoms with van der Waals surface area (Å²) in [6, 6.07) is 3.69. The Morgan fingerprint density at radius 1 is 1.54 bits per heavy atom. The highest BCUT2D eigenvalue weighted by Gasteiger charge is 2.04. The summed E-state index contributed by atoms with van der Waals surface area (Å²) in [6.45, 7) is 2.54. The lowest BCUT2D eigenvalue weighted by atomic mass is 10.2. The Labute approximate surface area is 80.7 Å². The Morgan fingerprint density at radius 2 is 2.38 bits per heavy atom. The summed E-state index contributed by atoms with van der Waals surface area (Å²) in [5.74, 6) is 0.707. The molecule has 2 aromatic rings. The first-order valence-electron chi connectivity index (χ1n) is 4.06. The van der Waals surface area contributed by atoms with E-state index in [0.717, 1.165) is 10.9 Å². The normalized spacial score (nSPS) is 10.6. The van der Waals surface area contributed by atoms with Crippen LogP contribution in [0.15, 0.2) is 18.3 Å². The molecule has 0 saturated carbocycles. The van der Waals surface area contributed by atoms with Crippen molar-refractivity contribution in [1.82, 2.24) is 10.2 Å². The van der Waals surface area contributed by atoms with Gasteiger partial charge in [-0.05, 0) is 19.1 Å². The number of halogens is 1. The molecular weight excluding hydrogens is 188 g/mol. The lowest BCUT2D eigenvalue weighted by Gasteiger charge is -2.04. The highest BCUT2D eigenvalue weighted by molar-refractivity contribution is 6.32. The minimum absolute atomic E-state index is 0.610. The van der Waals surface area contributed by atoms with Gasteiger partial charge in [-0.25, -0.2) is 0 Å². The first-order valence-corrected chi connectivity index (χ1v) is 4.44. The monoisotopic (exact) mass is 196 g/mol. The number of nitrogens with zero attached hydrogens (tertiary/aromatic N) is 1. The molecule has 0 atom stereocenters. The number of hydrogen-bond donors (Lipinski definition) is 1. The molecule has 0 radical (unpaired) electrons. The Morgan fingerprint density at radius 3 is 3.15 bits per heavy atom. The van der Waals surface area contributed by atoms with Crippen molar-refractivity contribution < 1.29 is 4.74 Å². The number of benzene rings is 1. The zero-order chi connectivity index (χ0) is 9.26. The van der Waals surface area contributed by atoms with Crippen LogP contribution in [0.2, 0.25) is 5.02 Å². The standard InChI is InChI=1S/C9H9ClN2O/c1-2-13-9-3-6-5-11-12-8(6)4-7(9)10/h3-5H,2H2,1H3,(H,11,12). The Bertz CT molecular complexity index is 424. The smallest absolute Gasteiger partial charge is 0.138 e. The van der Waals surface area contributed by atoms with Gasteiger partial charge in [0.1, 0.15) is 5.75 Å². The molecule has 0 aliphatic rings. The second kappa shape index (κ2) is 3.26. The fourth-order valence-corrected chi connectivity index (χ4v) is 1.43. The van der Waals surface area contributed by atoms with Gasteiger partial charge in [-0.15, -0.1) is 0 Å². The number of hydrogen-bond acceptors (Lipinski definition) is 2. The number of H-pyrrole nitrogens is 1. The summed E-state index contributed by atoms with van der Waals surface area (Å²) >= 11 is 5.97. The number of aromatic amines is 1. The molecule has 0 aliphatic carbocycles. The van der Waals surface area contributed by atoms with Gasteiger partial charge in [0.2, 0.25) is 0 Å². The molecule has 0 aliphatic heterocycles. The van der Waals surface area contributed by atoms with Gasteiger partial charge in [0.25, 0.3) is 0 Å². The van der Waals surface area contributed by atoms with Gasteiger partial charge in [0.15, 0.2) is 0 Å². The Hall–Kier alpha value is -1.22. The van der Waals surface area contributed by atoms with Gasteiger partial charge in [-0.3, -0.25) is 5.10 Å². The van der Waals surface area contributed by atoms with Crippen LogP contribution in [-0.2, 0) is 0 Å². The molecule has 0 spiro atoms. The summed E-state index contributed by atoms with van der Waals surface area (Å²) in [5.41, 5.74) is 0.924. The fourth-order valence-electron chi connectivity index (χ4n) is 1.21. The van der Waals surface area contributed by atoms with Gasteiger partial charge in [0.05, 0.1) is 23.3 Å². The van der Waals surface area contributed by atoms with Gasteiger partial charge >= 0.3 is 0 Å². The quantitative estimate of drug-likeness (QED) is 0.802. The van der Waals surface area contributed by atoms with Crippen LogP contribution in [0.5, 0.6) is 5.75 Å². The van der Waals surface area contributed by atoms with Crippen LogP contribution in [0.25, 0.3) is 10.9 Å². The van der Waals surface area contributed by atoms with E-state index in [-0.39, 0.29) is 0 Å². The van der Waals surface area contributed by atoms with Crippen molar-refractivity contribution in [2.45, 2.75) is 6.92 Å². The second-order valence-corrected chi connectivity index (χ2v) is 3.08. The van der Waals surface area contributed by atoms with Crippen molar-refractivity contribution in [3.05, 3.63) is 23.4 Å². The van der Waals surface area contributed by atoms with E-state index in [2.05, 4.69) is 10.2 Å². The second-order valence-electron chi connectivity index (χ2n) is 2.67. The average Bonchev–Trinajstić information content (AvgIpc) is 2.52. The third-order valence-electron chi connectivity index (χ3n) is 1.79. The molecule has 4 heteroatoms. The third-order valence-corrected chi connectivity index (χ3v) is 2.09. The molecule has 0 unspecified atom stereocenters. The topological polar surface area (TPSA) is 37.9 Å². The van der Waals surface area contributed by atoms with E-state index in [4.69, 9.17) is 16.3 Å². The van der Waals surface area contributed by atoms with Crippen molar-refractivity contribution in [2.75, 3.05) is 6.61 Å². The molecule has 1 N–H and O–H groups in total. The minimum atomic E-state index is 0.610. The Kier molecular flexibility index (Phi) is 2.10. The number of rotatable bonds is 2. The van der Waals surface area contributed by atoms with E-state index in [1.165, 1.54) is 0 Å². The molecule has 1 heterocycles. The van der Waals surface area contributed by atoms with Gasteiger partial charge in [-0.1, -0.05) is 11.6 Å². The fraction of sp³-hybridized carbons (Fsp3) is 0.222. The lowest BCUT2D eigenvalue weighted by Crippen LogP contribution is -1.91. The van der Waals surface area contributed by atoms with Crippen LogP contribution in [0, 0.1) is 0 Å². The van der Waals surface area contributed by atoms with Crippen LogP contribution in [0.1, 0.15) is 6.92 Å². The molecule has 3 nitrogen and oxygen atoms in total. The predicted molar refractivity (Wildman–Crippen MR) is 52.3 cm³/mol. The number of aromatic nitrogens is 2. The van der Waals surface area contributed by atoms with Gasteiger partial charge in [-0.2, -0.15) is 5.10 Å². The molecule has 0 saturated heterocycles. The zero-order valence-electron chi connectivity index (χ0n) is 7.17. The van der Waals surface area contributed by atoms with Crippen molar-refractivity contribution in [3.8, 4) is 5.75 Å². The van der Waals surface area contributed by atoms with E-state index < -0.39 is 0 Å². The van der Waals surface area contributed by atoms with Crippen molar-refractivity contribution >= 4 is 22.5 Å². The largest absolute Gasteiger partial charge is 0.492 e. The summed E-state index contributed by atoms with van der Waals surface area (Å²) in [4.78, 5) is 0. The average molecular weight is 197 g/mol. The highest BCUT2D eigenvalue weighted by Crippen LogP contribution is 2.28. The molecule has 68 valence electrons. The molecule has 13 heavy (non-hydrogen) atoms. The van der Waals surface area contributed by atoms with E-state index in [0.29, 0.717) is 17.4 Å². The van der Waals surface area contributed by atoms with Crippen LogP contribution in [-0.4, -0.2) is 16.8 Å². The van der Waals surface area contributed by atoms with Gasteiger partial charge < -0.3 is 4.74 Å². The summed E-state index contributed by atoms with van der Waals surface area (Å²) in [7, 11) is 0. The van der Waals surface area contributed by atoms with Gasteiger partial charge in [0, 0.05) is 5.39 Å². The van der Waals surface area contributed by atoms with E-state index in [1.54, 1.807) is 6.20 Å². The molecule has 0 bridgehead atoms. The number of nitrogens with one attached hydrogen (secondary N) is 1. The summed E-state index contributed by atoms with van der Waals surface area (Å²) in [5, 5.41) is 8.36. The molecule has 1 aromatic heterocycles. The summed E-state index contributed by atoms with van der Waals surface area (Å²) in [6.07, 6.45) is 1.74. The maximum Gasteiger partial charge on any atom is 0.138 e. The van der Waals surface area contributed by atoms with Crippen molar-refractivity contribution in [2.24, 2.45) is 0 Å². The van der Waals surface area contributed by atoms with Crippen LogP contribution < -0.4 is 4.74 Å². The number of fused-ring (bicyclic) bond motifs is 1. The van der Waals surface area contributed by atoms with E-state index in [1.807, 2.05) is 19.1 Å². The van der Waals surface area contributed by atoms with Crippen molar-refractivity contribution in [1.29, 1.82) is 0 Å². The highest BCUT2D eigenvalue weighted by atomic mass is 35.5. The van der Waals surface area contributed by atoms with E-state index >= 15 is 0 Å². The summed E-state index contributed by atoms with van der Waals surface area (Å²) < 4.78 is 5.34. The predicted octanol–water partition coefficient (Wildman–Crippen LogP) is 2.62. The molecule has 0 fully saturated rings. The third kappa shape index (κ3) is 1.47. The van der Waals surface area contributed by atoms with Crippen molar-refractivity contribution in [3.63, 3.8) is 0 Å². The number of ether oxygens (including phenoxy) is 1. The lowest BCUT2D eigenvalue weighted by molar-refractivity contribution is 0.341. The van der Waals surface area contributed by atoms with Crippen LogP contribution in [0.4, 0.5) is 0 Å². The maximum absolute atomic E-state index is 5.97. The molecular formula is C9H9ClN2O. The SMILES string of the molecule is CCOc1cc2cn[nH]c2cc1Cl. The maximum atomic E-state index is 5.97. The van der Waals surface area contributed by atoms with Crippen LogP contribution in [0.3, 0.4) is 0 Å². The first kappa shape index (κ1) is 8.38. The van der Waals surface area contributed by atoms with E-state index in [9.17, 15) is 0 Å². The van der Waals surface area contributed by atoms with Crippen LogP contribution >= 0.6 is 11.6 Å². The Balaban J connectivity index is 2.56. The zero-order valence-corrected chi connectivity index (χ0v) is 7.93. The molecule has 0 amide bonds. The minimum Gasteiger partial charge on any atom is -0.492 e.